The molecule has 1 aromatic rings. The second-order valence-corrected chi connectivity index (χ2v) is 9.95. The third-order valence-electron chi connectivity index (χ3n) is 6.39. The van der Waals surface area contributed by atoms with Crippen LogP contribution >= 0.6 is 0 Å². The van der Waals surface area contributed by atoms with E-state index < -0.39 is 17.1 Å². The lowest BCUT2D eigenvalue weighted by Gasteiger charge is -2.40. The van der Waals surface area contributed by atoms with Crippen molar-refractivity contribution in [1.82, 2.24) is 9.80 Å². The smallest absolute Gasteiger partial charge is 0.410 e. The average molecular weight is 477 g/mol. The van der Waals surface area contributed by atoms with Crippen molar-refractivity contribution in [3.05, 3.63) is 29.3 Å². The molecule has 1 aromatic carbocycles. The molecule has 0 saturated carbocycles. The van der Waals surface area contributed by atoms with Crippen LogP contribution in [0.15, 0.2) is 18.2 Å². The zero-order chi connectivity index (χ0) is 24.9. The molecule has 9 heteroatoms. The van der Waals surface area contributed by atoms with E-state index in [9.17, 15) is 19.5 Å². The van der Waals surface area contributed by atoms with Crippen molar-refractivity contribution in [2.75, 3.05) is 32.8 Å². The first kappa shape index (κ1) is 25.6. The predicted molar refractivity (Wildman–Crippen MR) is 125 cm³/mol. The molecule has 0 radical (unpaired) electrons. The van der Waals surface area contributed by atoms with Crippen LogP contribution in [0.2, 0.25) is 0 Å². The first-order valence-corrected chi connectivity index (χ1v) is 11.9. The van der Waals surface area contributed by atoms with E-state index in [2.05, 4.69) is 0 Å². The molecule has 0 unspecified atom stereocenters. The summed E-state index contributed by atoms with van der Waals surface area (Å²) in [6, 6.07) is 5.74. The molecule has 0 bridgehead atoms. The number of fused-ring (bicyclic) bond motifs is 1. The van der Waals surface area contributed by atoms with Crippen molar-refractivity contribution in [1.29, 1.82) is 0 Å². The van der Waals surface area contributed by atoms with Crippen molar-refractivity contribution < 1.29 is 33.7 Å². The molecule has 34 heavy (non-hydrogen) atoms. The fraction of sp³-hybridized carbons (Fsp3) is 0.640. The number of carboxylic acid groups (broad SMARTS) is 1. The van der Waals surface area contributed by atoms with Gasteiger partial charge < -0.3 is 29.1 Å². The minimum Gasteiger partial charge on any atom is -0.494 e. The van der Waals surface area contributed by atoms with Gasteiger partial charge in [0.15, 0.2) is 0 Å². The minimum absolute atomic E-state index is 0.259. The molecule has 2 heterocycles. The van der Waals surface area contributed by atoms with E-state index in [1.807, 2.05) is 39.0 Å². The highest BCUT2D eigenvalue weighted by atomic mass is 16.6. The Morgan fingerprint density at radius 2 is 1.76 bits per heavy atom. The van der Waals surface area contributed by atoms with Crippen molar-refractivity contribution in [2.45, 2.75) is 65.5 Å². The first-order valence-electron chi connectivity index (χ1n) is 11.9. The number of piperidine rings is 1. The summed E-state index contributed by atoms with van der Waals surface area (Å²) in [6.45, 7) is 9.54. The zero-order valence-corrected chi connectivity index (χ0v) is 20.6. The number of amides is 2. The summed E-state index contributed by atoms with van der Waals surface area (Å²) < 4.78 is 16.8. The molecule has 0 atom stereocenters. The van der Waals surface area contributed by atoms with E-state index in [0.29, 0.717) is 70.8 Å². The van der Waals surface area contributed by atoms with Gasteiger partial charge in [0.2, 0.25) is 0 Å². The quantitative estimate of drug-likeness (QED) is 0.617. The number of nitrogens with zero attached hydrogens (tertiary/aromatic N) is 2. The van der Waals surface area contributed by atoms with Gasteiger partial charge in [-0.15, -0.1) is 0 Å². The van der Waals surface area contributed by atoms with Crippen LogP contribution in [0.25, 0.3) is 0 Å². The van der Waals surface area contributed by atoms with Crippen molar-refractivity contribution in [3.63, 3.8) is 0 Å². The van der Waals surface area contributed by atoms with Crippen molar-refractivity contribution >= 4 is 18.2 Å². The summed E-state index contributed by atoms with van der Waals surface area (Å²) in [7, 11) is 0. The Morgan fingerprint density at radius 1 is 1.06 bits per heavy atom. The fourth-order valence-corrected chi connectivity index (χ4v) is 4.43. The number of hydrogen-bond acceptors (Lipinski definition) is 6. The molecule has 2 aliphatic heterocycles. The molecular weight excluding hydrogens is 440 g/mol. The third-order valence-corrected chi connectivity index (χ3v) is 6.39. The predicted octanol–water partition coefficient (Wildman–Crippen LogP) is 4.07. The van der Waals surface area contributed by atoms with Gasteiger partial charge in [0.05, 0.1) is 18.6 Å². The molecule has 2 aliphatic rings. The fourth-order valence-electron chi connectivity index (χ4n) is 4.43. The number of carbonyl (C=O) groups is 3. The topological polar surface area (TPSA) is 106 Å². The molecular formula is C25H36N2O7. The molecule has 1 saturated heterocycles. The number of benzene rings is 1. The molecule has 1 N–H and O–H groups in total. The van der Waals surface area contributed by atoms with E-state index in [1.165, 1.54) is 4.90 Å². The van der Waals surface area contributed by atoms with E-state index in [0.717, 1.165) is 11.1 Å². The Bertz CT molecular complexity index is 901. The maximum absolute atomic E-state index is 12.9. The van der Waals surface area contributed by atoms with Gasteiger partial charge in [-0.05, 0) is 76.6 Å². The van der Waals surface area contributed by atoms with Gasteiger partial charge in [-0.3, -0.25) is 4.79 Å². The summed E-state index contributed by atoms with van der Waals surface area (Å²) in [6.07, 6.45) is 0.809. The molecule has 3 rings (SSSR count). The molecule has 0 aromatic heterocycles. The van der Waals surface area contributed by atoms with E-state index in [4.69, 9.17) is 14.2 Å². The highest BCUT2D eigenvalue weighted by molar-refractivity contribution is 5.77. The second-order valence-electron chi connectivity index (χ2n) is 9.95. The Hall–Kier alpha value is -2.97. The number of esters is 1. The van der Waals surface area contributed by atoms with Crippen LogP contribution in [0.5, 0.6) is 5.75 Å². The Morgan fingerprint density at radius 3 is 2.38 bits per heavy atom. The normalized spacial score (nSPS) is 17.5. The maximum atomic E-state index is 12.9. The third kappa shape index (κ3) is 6.33. The number of rotatable bonds is 6. The van der Waals surface area contributed by atoms with E-state index >= 15 is 0 Å². The number of hydrogen-bond donors (Lipinski definition) is 1. The Kier molecular flexibility index (Phi) is 7.94. The molecule has 0 spiro atoms. The zero-order valence-electron chi connectivity index (χ0n) is 20.6. The monoisotopic (exact) mass is 476 g/mol. The number of likely N-dealkylation sites (tertiary alicyclic amines) is 1. The van der Waals surface area contributed by atoms with Crippen molar-refractivity contribution in [3.8, 4) is 5.75 Å². The van der Waals surface area contributed by atoms with Crippen LogP contribution in [0.3, 0.4) is 0 Å². The van der Waals surface area contributed by atoms with Crippen LogP contribution in [-0.2, 0) is 27.2 Å². The summed E-state index contributed by atoms with van der Waals surface area (Å²) in [5.41, 5.74) is 0.777. The minimum atomic E-state index is -0.925. The van der Waals surface area contributed by atoms with Crippen molar-refractivity contribution in [2.24, 2.45) is 5.41 Å². The van der Waals surface area contributed by atoms with Crippen LogP contribution in [0, 0.1) is 5.41 Å². The van der Waals surface area contributed by atoms with Crippen LogP contribution in [0.4, 0.5) is 9.59 Å². The van der Waals surface area contributed by atoms with Gasteiger partial charge in [0, 0.05) is 26.2 Å². The highest BCUT2D eigenvalue weighted by Gasteiger charge is 2.44. The molecule has 188 valence electrons. The standard InChI is InChI=1S/C25H36N2O7/c1-5-32-21(28)25(9-13-26(14-10-25)23(31)34-24(2,3)4)11-15-33-20-7-6-18-8-12-27(22(29)30)17-19(18)16-20/h6-7,16H,5,8-15,17H2,1-4H3,(H,29,30). The Balaban J connectivity index is 1.61. The summed E-state index contributed by atoms with van der Waals surface area (Å²) in [5, 5.41) is 9.27. The Labute approximate surface area is 200 Å². The van der Waals surface area contributed by atoms with Gasteiger partial charge in [-0.2, -0.15) is 0 Å². The molecule has 9 nitrogen and oxygen atoms in total. The molecule has 1 fully saturated rings. The summed E-state index contributed by atoms with van der Waals surface area (Å²) in [4.78, 5) is 39.6. The molecule has 2 amide bonds. The molecule has 0 aliphatic carbocycles. The lowest BCUT2D eigenvalue weighted by atomic mass is 9.76. The largest absolute Gasteiger partial charge is 0.494 e. The summed E-state index contributed by atoms with van der Waals surface area (Å²) >= 11 is 0. The van der Waals surface area contributed by atoms with Gasteiger partial charge in [-0.25, -0.2) is 9.59 Å². The van der Waals surface area contributed by atoms with Crippen LogP contribution < -0.4 is 4.74 Å². The van der Waals surface area contributed by atoms with Gasteiger partial charge in [0.25, 0.3) is 0 Å². The summed E-state index contributed by atoms with van der Waals surface area (Å²) in [5.74, 6) is 0.390. The first-order chi connectivity index (χ1) is 16.0. The maximum Gasteiger partial charge on any atom is 0.410 e. The van der Waals surface area contributed by atoms with Crippen LogP contribution in [-0.4, -0.2) is 71.5 Å². The lowest BCUT2D eigenvalue weighted by Crippen LogP contribution is -2.49. The SMILES string of the molecule is CCOC(=O)C1(CCOc2ccc3c(c2)CN(C(=O)O)CC3)CCN(C(=O)OC(C)(C)C)CC1. The second kappa shape index (κ2) is 10.5. The van der Waals surface area contributed by atoms with Gasteiger partial charge >= 0.3 is 18.2 Å². The van der Waals surface area contributed by atoms with E-state index in [-0.39, 0.29) is 12.1 Å². The number of ether oxygens (including phenoxy) is 3. The van der Waals surface area contributed by atoms with Gasteiger partial charge in [0.1, 0.15) is 11.4 Å². The highest BCUT2D eigenvalue weighted by Crippen LogP contribution is 2.37. The van der Waals surface area contributed by atoms with Crippen LogP contribution in [0.1, 0.15) is 58.1 Å². The van der Waals surface area contributed by atoms with E-state index in [1.54, 1.807) is 11.8 Å². The lowest BCUT2D eigenvalue weighted by molar-refractivity contribution is -0.159. The van der Waals surface area contributed by atoms with Gasteiger partial charge in [-0.1, -0.05) is 6.07 Å². The number of carbonyl (C=O) groups excluding carboxylic acids is 2. The average Bonchev–Trinajstić information content (AvgIpc) is 2.78.